The molecule has 0 bridgehead atoms. The Balaban J connectivity index is 2.76. The van der Waals surface area contributed by atoms with E-state index in [9.17, 15) is 0 Å². The Kier molecular flexibility index (Phi) is 3.09. The van der Waals surface area contributed by atoms with E-state index in [0.29, 0.717) is 6.61 Å². The van der Waals surface area contributed by atoms with E-state index in [1.54, 1.807) is 0 Å². The molecule has 1 aromatic rings. The van der Waals surface area contributed by atoms with Crippen molar-refractivity contribution in [2.24, 2.45) is 7.05 Å². The molecule has 0 amide bonds. The van der Waals surface area contributed by atoms with E-state index in [2.05, 4.69) is 12.0 Å². The second-order valence-corrected chi connectivity index (χ2v) is 3.63. The van der Waals surface area contributed by atoms with Crippen molar-refractivity contribution >= 4 is 0 Å². The van der Waals surface area contributed by atoms with Gasteiger partial charge in [-0.15, -0.1) is 0 Å². The maximum absolute atomic E-state index is 5.55. The Morgan fingerprint density at radius 1 is 1.38 bits per heavy atom. The molecular formula is C10H18N2O. The number of ether oxygens (including phenoxy) is 1. The fourth-order valence-electron chi connectivity index (χ4n) is 1.28. The number of nitrogens with zero attached hydrogens (tertiary/aromatic N) is 2. The first-order valence-electron chi connectivity index (χ1n) is 4.63. The molecule has 0 spiro atoms. The Bertz CT molecular complexity index is 289. The number of rotatable bonds is 3. The highest BCUT2D eigenvalue weighted by atomic mass is 16.5. The second kappa shape index (κ2) is 3.92. The van der Waals surface area contributed by atoms with Crippen LogP contribution >= 0.6 is 0 Å². The molecule has 0 atom stereocenters. The van der Waals surface area contributed by atoms with Crippen LogP contribution in [0, 0.1) is 13.8 Å². The summed E-state index contributed by atoms with van der Waals surface area (Å²) < 4.78 is 7.45. The molecular weight excluding hydrogens is 164 g/mol. The molecule has 0 saturated heterocycles. The zero-order valence-electron chi connectivity index (χ0n) is 9.09. The third-order valence-electron chi connectivity index (χ3n) is 2.22. The third-order valence-corrected chi connectivity index (χ3v) is 2.22. The lowest BCUT2D eigenvalue weighted by Gasteiger charge is -2.07. The maximum atomic E-state index is 5.55. The summed E-state index contributed by atoms with van der Waals surface area (Å²) in [4.78, 5) is 0. The van der Waals surface area contributed by atoms with Crippen LogP contribution in [0.1, 0.15) is 30.8 Å². The highest BCUT2D eigenvalue weighted by molar-refractivity contribution is 5.23. The van der Waals surface area contributed by atoms with Crippen LogP contribution in [0.4, 0.5) is 0 Å². The summed E-state index contributed by atoms with van der Waals surface area (Å²) in [5.74, 6) is 0. The number of aromatic nitrogens is 2. The number of aryl methyl sites for hydroxylation is 2. The van der Waals surface area contributed by atoms with Gasteiger partial charge in [-0.25, -0.2) is 0 Å². The monoisotopic (exact) mass is 182 g/mol. The molecule has 0 N–H and O–H groups in total. The van der Waals surface area contributed by atoms with Gasteiger partial charge in [0.1, 0.15) is 0 Å². The summed E-state index contributed by atoms with van der Waals surface area (Å²) in [6.07, 6.45) is 0.277. The fraction of sp³-hybridized carbons (Fsp3) is 0.700. The van der Waals surface area contributed by atoms with Gasteiger partial charge in [-0.05, 0) is 27.7 Å². The molecule has 1 rings (SSSR count). The first-order valence-corrected chi connectivity index (χ1v) is 4.63. The normalized spacial score (nSPS) is 11.2. The van der Waals surface area contributed by atoms with Gasteiger partial charge >= 0.3 is 0 Å². The van der Waals surface area contributed by atoms with Crippen molar-refractivity contribution in [3.05, 3.63) is 17.0 Å². The van der Waals surface area contributed by atoms with Crippen LogP contribution in [-0.4, -0.2) is 15.9 Å². The molecule has 0 aliphatic heterocycles. The average molecular weight is 182 g/mol. The molecule has 74 valence electrons. The van der Waals surface area contributed by atoms with E-state index in [1.807, 2.05) is 32.5 Å². The first-order chi connectivity index (χ1) is 6.02. The van der Waals surface area contributed by atoms with Gasteiger partial charge in [0.15, 0.2) is 0 Å². The van der Waals surface area contributed by atoms with Gasteiger partial charge in [-0.3, -0.25) is 4.68 Å². The van der Waals surface area contributed by atoms with Gasteiger partial charge in [-0.1, -0.05) is 0 Å². The van der Waals surface area contributed by atoms with Crippen LogP contribution in [0.25, 0.3) is 0 Å². The summed E-state index contributed by atoms with van der Waals surface area (Å²) >= 11 is 0. The van der Waals surface area contributed by atoms with Crippen molar-refractivity contribution in [2.45, 2.75) is 40.4 Å². The van der Waals surface area contributed by atoms with Crippen LogP contribution in [-0.2, 0) is 18.4 Å². The van der Waals surface area contributed by atoms with Crippen molar-refractivity contribution in [2.75, 3.05) is 0 Å². The molecule has 3 nitrogen and oxygen atoms in total. The van der Waals surface area contributed by atoms with Crippen molar-refractivity contribution in [1.82, 2.24) is 9.78 Å². The molecule has 0 aliphatic rings. The quantitative estimate of drug-likeness (QED) is 0.714. The topological polar surface area (TPSA) is 27.1 Å². The molecule has 0 aromatic carbocycles. The number of hydrogen-bond donors (Lipinski definition) is 0. The fourth-order valence-corrected chi connectivity index (χ4v) is 1.28. The summed E-state index contributed by atoms with van der Waals surface area (Å²) in [7, 11) is 1.96. The van der Waals surface area contributed by atoms with Crippen molar-refractivity contribution in [1.29, 1.82) is 0 Å². The Hall–Kier alpha value is -0.830. The second-order valence-electron chi connectivity index (χ2n) is 3.63. The lowest BCUT2D eigenvalue weighted by molar-refractivity contribution is 0.0651. The van der Waals surface area contributed by atoms with Crippen molar-refractivity contribution in [3.63, 3.8) is 0 Å². The molecule has 0 fully saturated rings. The Morgan fingerprint density at radius 2 is 2.00 bits per heavy atom. The summed E-state index contributed by atoms with van der Waals surface area (Å²) in [5.41, 5.74) is 3.48. The lowest BCUT2D eigenvalue weighted by atomic mass is 10.2. The highest BCUT2D eigenvalue weighted by Crippen LogP contribution is 2.13. The predicted octanol–water partition coefficient (Wildman–Crippen LogP) is 1.96. The molecule has 1 aromatic heterocycles. The maximum Gasteiger partial charge on any atom is 0.0756 e. The van der Waals surface area contributed by atoms with Crippen LogP contribution in [0.2, 0.25) is 0 Å². The first kappa shape index (κ1) is 10.3. The summed E-state index contributed by atoms with van der Waals surface area (Å²) in [6.45, 7) is 8.84. The van der Waals surface area contributed by atoms with E-state index in [1.165, 1.54) is 11.3 Å². The van der Waals surface area contributed by atoms with Gasteiger partial charge in [-0.2, -0.15) is 5.10 Å². The van der Waals surface area contributed by atoms with Gasteiger partial charge in [0.2, 0.25) is 0 Å². The minimum absolute atomic E-state index is 0.277. The van der Waals surface area contributed by atoms with Crippen LogP contribution < -0.4 is 0 Å². The molecule has 0 saturated carbocycles. The lowest BCUT2D eigenvalue weighted by Crippen LogP contribution is -2.03. The van der Waals surface area contributed by atoms with E-state index < -0.39 is 0 Å². The zero-order valence-corrected chi connectivity index (χ0v) is 9.09. The Morgan fingerprint density at radius 3 is 2.38 bits per heavy atom. The SMILES string of the molecule is Cc1nn(C)c(C)c1COC(C)C. The van der Waals surface area contributed by atoms with Crippen LogP contribution in [0.5, 0.6) is 0 Å². The van der Waals surface area contributed by atoms with Gasteiger partial charge in [0.05, 0.1) is 18.4 Å². The molecule has 3 heteroatoms. The molecule has 0 unspecified atom stereocenters. The van der Waals surface area contributed by atoms with Gasteiger partial charge in [0, 0.05) is 18.3 Å². The smallest absolute Gasteiger partial charge is 0.0756 e. The molecule has 13 heavy (non-hydrogen) atoms. The molecule has 1 heterocycles. The number of hydrogen-bond acceptors (Lipinski definition) is 2. The minimum Gasteiger partial charge on any atom is -0.374 e. The van der Waals surface area contributed by atoms with Crippen LogP contribution in [0.3, 0.4) is 0 Å². The van der Waals surface area contributed by atoms with Crippen molar-refractivity contribution < 1.29 is 4.74 Å². The Labute approximate surface area is 79.7 Å². The third kappa shape index (κ3) is 2.31. The van der Waals surface area contributed by atoms with E-state index in [-0.39, 0.29) is 6.10 Å². The molecule has 0 aliphatic carbocycles. The highest BCUT2D eigenvalue weighted by Gasteiger charge is 2.09. The van der Waals surface area contributed by atoms with E-state index >= 15 is 0 Å². The predicted molar refractivity (Wildman–Crippen MR) is 52.6 cm³/mol. The minimum atomic E-state index is 0.277. The van der Waals surface area contributed by atoms with Crippen LogP contribution in [0.15, 0.2) is 0 Å². The van der Waals surface area contributed by atoms with E-state index in [0.717, 1.165) is 5.69 Å². The van der Waals surface area contributed by atoms with Gasteiger partial charge < -0.3 is 4.74 Å². The summed E-state index contributed by atoms with van der Waals surface area (Å²) in [6, 6.07) is 0. The average Bonchev–Trinajstić information content (AvgIpc) is 2.24. The largest absolute Gasteiger partial charge is 0.374 e. The zero-order chi connectivity index (χ0) is 10.0. The standard InChI is InChI=1S/C10H18N2O/c1-7(2)13-6-10-8(3)11-12(5)9(10)4/h7H,6H2,1-5H3. The van der Waals surface area contributed by atoms with E-state index in [4.69, 9.17) is 4.74 Å². The van der Waals surface area contributed by atoms with Crippen molar-refractivity contribution in [3.8, 4) is 0 Å². The molecule has 0 radical (unpaired) electrons. The van der Waals surface area contributed by atoms with Gasteiger partial charge in [0.25, 0.3) is 0 Å². The summed E-state index contributed by atoms with van der Waals surface area (Å²) in [5, 5.41) is 4.33.